The van der Waals surface area contributed by atoms with Crippen LogP contribution in [-0.4, -0.2) is 28.8 Å². The van der Waals surface area contributed by atoms with Crippen LogP contribution in [0.15, 0.2) is 0 Å². The summed E-state index contributed by atoms with van der Waals surface area (Å²) in [6.07, 6.45) is 0.701. The van der Waals surface area contributed by atoms with E-state index in [0.29, 0.717) is 6.42 Å². The van der Waals surface area contributed by atoms with Crippen molar-refractivity contribution < 1.29 is 9.90 Å². The van der Waals surface area contributed by atoms with E-state index in [4.69, 9.17) is 5.11 Å². The lowest BCUT2D eigenvalue weighted by atomic mass is 10.1. The summed E-state index contributed by atoms with van der Waals surface area (Å²) in [4.78, 5) is 10.4. The molecule has 10 heavy (non-hydrogen) atoms. The van der Waals surface area contributed by atoms with Gasteiger partial charge < -0.3 is 10.4 Å². The standard InChI is InChI=1S/C6H12NO2P/c1-6(10)2-4(5(8)9)7-3-6/h4,7H,2-3,10H2,1H3,(H,8,9)/t4-,6?/m0/s1. The van der Waals surface area contributed by atoms with E-state index in [1.807, 2.05) is 6.92 Å². The molecule has 1 heterocycles. The highest BCUT2D eigenvalue weighted by Crippen LogP contribution is 2.27. The SMILES string of the molecule is CC1(P)CN[C@H](C(=O)O)C1. The zero-order chi connectivity index (χ0) is 7.78. The van der Waals surface area contributed by atoms with Gasteiger partial charge in [0.1, 0.15) is 6.04 Å². The van der Waals surface area contributed by atoms with E-state index < -0.39 is 5.97 Å². The lowest BCUT2D eigenvalue weighted by Crippen LogP contribution is -2.30. The van der Waals surface area contributed by atoms with E-state index in [9.17, 15) is 4.79 Å². The van der Waals surface area contributed by atoms with Crippen LogP contribution in [0.3, 0.4) is 0 Å². The van der Waals surface area contributed by atoms with E-state index in [-0.39, 0.29) is 11.2 Å². The van der Waals surface area contributed by atoms with E-state index in [0.717, 1.165) is 6.54 Å². The van der Waals surface area contributed by atoms with Gasteiger partial charge in [-0.1, -0.05) is 6.92 Å². The number of nitrogens with one attached hydrogen (secondary N) is 1. The summed E-state index contributed by atoms with van der Waals surface area (Å²) in [5.41, 5.74) is 0. The van der Waals surface area contributed by atoms with Crippen molar-refractivity contribution >= 4 is 15.2 Å². The third kappa shape index (κ3) is 1.68. The average molecular weight is 161 g/mol. The second-order valence-electron chi connectivity index (χ2n) is 3.13. The number of hydrogen-bond donors (Lipinski definition) is 2. The molecule has 0 saturated carbocycles. The van der Waals surface area contributed by atoms with Gasteiger partial charge >= 0.3 is 5.97 Å². The van der Waals surface area contributed by atoms with Crippen molar-refractivity contribution in [3.63, 3.8) is 0 Å². The highest BCUT2D eigenvalue weighted by molar-refractivity contribution is 7.19. The molecule has 3 nitrogen and oxygen atoms in total. The molecule has 58 valence electrons. The fraction of sp³-hybridized carbons (Fsp3) is 0.833. The number of aliphatic carboxylic acids is 1. The van der Waals surface area contributed by atoms with Crippen molar-refractivity contribution in [2.24, 2.45) is 0 Å². The summed E-state index contributed by atoms with van der Waals surface area (Å²) in [5, 5.41) is 11.6. The third-order valence-corrected chi connectivity index (χ3v) is 2.16. The molecule has 0 radical (unpaired) electrons. The quantitative estimate of drug-likeness (QED) is 0.535. The molecule has 0 aromatic carbocycles. The highest BCUT2D eigenvalue weighted by atomic mass is 31.0. The van der Waals surface area contributed by atoms with Gasteiger partial charge in [0.2, 0.25) is 0 Å². The number of hydrogen-bond acceptors (Lipinski definition) is 2. The first-order valence-electron chi connectivity index (χ1n) is 3.26. The van der Waals surface area contributed by atoms with Gasteiger partial charge in [-0.2, -0.15) is 0 Å². The smallest absolute Gasteiger partial charge is 0.320 e. The van der Waals surface area contributed by atoms with Crippen LogP contribution in [0.2, 0.25) is 0 Å². The summed E-state index contributed by atoms with van der Waals surface area (Å²) in [7, 11) is 2.67. The molecule has 1 aliphatic heterocycles. The summed E-state index contributed by atoms with van der Waals surface area (Å²) in [6.45, 7) is 2.81. The predicted octanol–water partition coefficient (Wildman–Crippen LogP) is 0.0667. The van der Waals surface area contributed by atoms with Crippen molar-refractivity contribution in [2.45, 2.75) is 24.5 Å². The lowest BCUT2D eigenvalue weighted by Gasteiger charge is -2.13. The van der Waals surface area contributed by atoms with Gasteiger partial charge in [0.05, 0.1) is 0 Å². The molecule has 0 aromatic rings. The Morgan fingerprint density at radius 3 is 2.70 bits per heavy atom. The summed E-state index contributed by atoms with van der Waals surface area (Å²) < 4.78 is 0. The molecule has 2 N–H and O–H groups in total. The molecule has 0 aromatic heterocycles. The van der Waals surface area contributed by atoms with Gasteiger partial charge in [0.15, 0.2) is 0 Å². The molecule has 0 aliphatic carbocycles. The zero-order valence-corrected chi connectivity index (χ0v) is 7.08. The summed E-state index contributed by atoms with van der Waals surface area (Å²) in [6, 6.07) is -0.345. The predicted molar refractivity (Wildman–Crippen MR) is 42.2 cm³/mol. The number of carboxylic acids is 1. The molecule has 1 aliphatic rings. The third-order valence-electron chi connectivity index (χ3n) is 1.72. The maximum Gasteiger partial charge on any atom is 0.320 e. The Bertz CT molecular complexity index is 158. The topological polar surface area (TPSA) is 49.3 Å². The van der Waals surface area contributed by atoms with Crippen LogP contribution in [0.5, 0.6) is 0 Å². The molecular formula is C6H12NO2P. The Labute approximate surface area is 62.4 Å². The van der Waals surface area contributed by atoms with Crippen LogP contribution >= 0.6 is 9.24 Å². The Hall–Kier alpha value is -0.140. The monoisotopic (exact) mass is 161 g/mol. The molecular weight excluding hydrogens is 149 g/mol. The van der Waals surface area contributed by atoms with Gasteiger partial charge in [0, 0.05) is 6.54 Å². The van der Waals surface area contributed by atoms with Crippen molar-refractivity contribution in [3.8, 4) is 0 Å². The van der Waals surface area contributed by atoms with Crippen LogP contribution in [0.25, 0.3) is 0 Å². The Morgan fingerprint density at radius 1 is 1.90 bits per heavy atom. The molecule has 0 amide bonds. The van der Waals surface area contributed by atoms with Crippen molar-refractivity contribution in [1.29, 1.82) is 0 Å². The minimum Gasteiger partial charge on any atom is -0.480 e. The number of carbonyl (C=O) groups is 1. The van der Waals surface area contributed by atoms with E-state index >= 15 is 0 Å². The first kappa shape index (κ1) is 7.96. The first-order chi connectivity index (χ1) is 4.51. The van der Waals surface area contributed by atoms with E-state index in [2.05, 4.69) is 14.6 Å². The average Bonchev–Trinajstić information content (AvgIpc) is 2.10. The van der Waals surface area contributed by atoms with Crippen LogP contribution < -0.4 is 5.32 Å². The molecule has 3 atom stereocenters. The Balaban J connectivity index is 2.51. The molecule has 2 unspecified atom stereocenters. The van der Waals surface area contributed by atoms with E-state index in [1.54, 1.807) is 0 Å². The molecule has 4 heteroatoms. The van der Waals surface area contributed by atoms with Gasteiger partial charge in [-0.25, -0.2) is 0 Å². The van der Waals surface area contributed by atoms with Gasteiger partial charge in [-0.15, -0.1) is 9.24 Å². The van der Waals surface area contributed by atoms with Crippen LogP contribution in [-0.2, 0) is 4.79 Å². The molecule has 0 spiro atoms. The molecule has 0 bridgehead atoms. The lowest BCUT2D eigenvalue weighted by molar-refractivity contribution is -0.139. The van der Waals surface area contributed by atoms with Crippen LogP contribution in [0.4, 0.5) is 0 Å². The fourth-order valence-corrected chi connectivity index (χ4v) is 1.50. The normalized spacial score (nSPS) is 40.0. The van der Waals surface area contributed by atoms with Gasteiger partial charge in [-0.3, -0.25) is 4.79 Å². The van der Waals surface area contributed by atoms with E-state index in [1.165, 1.54) is 0 Å². The summed E-state index contributed by atoms with van der Waals surface area (Å²) in [5.74, 6) is -0.744. The largest absolute Gasteiger partial charge is 0.480 e. The first-order valence-corrected chi connectivity index (χ1v) is 3.84. The van der Waals surface area contributed by atoms with Gasteiger partial charge in [0.25, 0.3) is 0 Å². The summed E-state index contributed by atoms with van der Waals surface area (Å²) >= 11 is 0. The Kier molecular flexibility index (Phi) is 1.97. The highest BCUT2D eigenvalue weighted by Gasteiger charge is 2.34. The van der Waals surface area contributed by atoms with Crippen molar-refractivity contribution in [3.05, 3.63) is 0 Å². The van der Waals surface area contributed by atoms with Crippen molar-refractivity contribution in [1.82, 2.24) is 5.32 Å². The van der Waals surface area contributed by atoms with Gasteiger partial charge in [-0.05, 0) is 11.6 Å². The minimum absolute atomic E-state index is 0.0725. The maximum atomic E-state index is 10.4. The van der Waals surface area contributed by atoms with Crippen LogP contribution in [0.1, 0.15) is 13.3 Å². The van der Waals surface area contributed by atoms with Crippen LogP contribution in [0, 0.1) is 0 Å². The second kappa shape index (κ2) is 2.48. The molecule has 1 rings (SSSR count). The Morgan fingerprint density at radius 2 is 2.50 bits per heavy atom. The number of carboxylic acid groups (broad SMARTS) is 1. The molecule has 1 fully saturated rings. The maximum absolute atomic E-state index is 10.4. The molecule has 1 saturated heterocycles. The second-order valence-corrected chi connectivity index (χ2v) is 4.52. The fourth-order valence-electron chi connectivity index (χ4n) is 1.14. The number of rotatable bonds is 1. The minimum atomic E-state index is -0.744. The van der Waals surface area contributed by atoms with Crippen molar-refractivity contribution in [2.75, 3.05) is 6.54 Å². The zero-order valence-electron chi connectivity index (χ0n) is 5.92.